The Morgan fingerprint density at radius 2 is 1.82 bits per heavy atom. The van der Waals surface area contributed by atoms with Gasteiger partial charge in [0.15, 0.2) is 11.4 Å². The van der Waals surface area contributed by atoms with Gasteiger partial charge in [0.1, 0.15) is 11.8 Å². The summed E-state index contributed by atoms with van der Waals surface area (Å²) < 4.78 is 12.1. The molecule has 5 nitrogen and oxygen atoms in total. The zero-order valence-corrected chi connectivity index (χ0v) is 18.7. The number of hydrogen-bond acceptors (Lipinski definition) is 5. The molecule has 1 N–H and O–H groups in total. The number of furan rings is 1. The normalized spacial score (nSPS) is 22.0. The van der Waals surface area contributed by atoms with Gasteiger partial charge in [0.2, 0.25) is 0 Å². The van der Waals surface area contributed by atoms with Crippen LogP contribution in [-0.2, 0) is 17.8 Å². The molecular formula is C28H29N3O2. The van der Waals surface area contributed by atoms with Gasteiger partial charge >= 0.3 is 0 Å². The van der Waals surface area contributed by atoms with Crippen LogP contribution in [0.15, 0.2) is 71.6 Å². The summed E-state index contributed by atoms with van der Waals surface area (Å²) in [6.07, 6.45) is 9.20. The Morgan fingerprint density at radius 1 is 0.939 bits per heavy atom. The average molecular weight is 440 g/mol. The fourth-order valence-electron chi connectivity index (χ4n) is 5.56. The van der Waals surface area contributed by atoms with Gasteiger partial charge in [-0.1, -0.05) is 54.6 Å². The summed E-state index contributed by atoms with van der Waals surface area (Å²) in [5, 5.41) is 3.63. The average Bonchev–Trinajstić information content (AvgIpc) is 3.59. The fourth-order valence-corrected chi connectivity index (χ4v) is 5.56. The molecule has 6 rings (SSSR count). The predicted octanol–water partition coefficient (Wildman–Crippen LogP) is 6.42. The van der Waals surface area contributed by atoms with Gasteiger partial charge < -0.3 is 14.5 Å². The van der Waals surface area contributed by atoms with Crippen molar-refractivity contribution in [2.75, 3.05) is 11.9 Å². The van der Waals surface area contributed by atoms with E-state index in [9.17, 15) is 0 Å². The molecule has 33 heavy (non-hydrogen) atoms. The summed E-state index contributed by atoms with van der Waals surface area (Å²) in [5.41, 5.74) is 6.97. The van der Waals surface area contributed by atoms with Crippen LogP contribution in [0, 0.1) is 5.92 Å². The number of aryl methyl sites for hydroxylation is 1. The van der Waals surface area contributed by atoms with E-state index in [0.717, 1.165) is 49.2 Å². The molecule has 2 aromatic heterocycles. The molecule has 0 bridgehead atoms. The van der Waals surface area contributed by atoms with Gasteiger partial charge in [0, 0.05) is 12.2 Å². The van der Waals surface area contributed by atoms with Crippen LogP contribution in [-0.4, -0.2) is 16.6 Å². The van der Waals surface area contributed by atoms with Crippen LogP contribution >= 0.6 is 0 Å². The van der Waals surface area contributed by atoms with Crippen molar-refractivity contribution in [2.45, 2.75) is 50.7 Å². The molecule has 2 aliphatic rings. The summed E-state index contributed by atoms with van der Waals surface area (Å²) in [7, 11) is 0. The van der Waals surface area contributed by atoms with Crippen molar-refractivity contribution in [3.8, 4) is 0 Å². The molecule has 0 spiro atoms. The largest absolute Gasteiger partial charge is 0.458 e. The van der Waals surface area contributed by atoms with E-state index in [1.807, 2.05) is 12.3 Å². The number of fused-ring (bicyclic) bond motifs is 2. The van der Waals surface area contributed by atoms with E-state index in [4.69, 9.17) is 9.15 Å². The molecule has 1 saturated carbocycles. The van der Waals surface area contributed by atoms with Gasteiger partial charge in [-0.15, -0.1) is 0 Å². The second-order valence-electron chi connectivity index (χ2n) is 9.40. The van der Waals surface area contributed by atoms with Gasteiger partial charge in [-0.05, 0) is 60.6 Å². The van der Waals surface area contributed by atoms with Gasteiger partial charge in [-0.3, -0.25) is 0 Å². The predicted molar refractivity (Wildman–Crippen MR) is 129 cm³/mol. The Morgan fingerprint density at radius 3 is 2.76 bits per heavy atom. The molecule has 0 unspecified atom stereocenters. The van der Waals surface area contributed by atoms with Crippen LogP contribution in [0.25, 0.3) is 11.1 Å². The Kier molecular flexibility index (Phi) is 5.56. The third-order valence-corrected chi connectivity index (χ3v) is 7.27. The quantitative estimate of drug-likeness (QED) is 0.360. The molecule has 0 radical (unpaired) electrons. The lowest BCUT2D eigenvalue weighted by Crippen LogP contribution is -2.09. The van der Waals surface area contributed by atoms with E-state index >= 15 is 0 Å². The summed E-state index contributed by atoms with van der Waals surface area (Å²) in [4.78, 5) is 9.15. The maximum Gasteiger partial charge on any atom is 0.194 e. The van der Waals surface area contributed by atoms with Gasteiger partial charge in [-0.25, -0.2) is 9.97 Å². The number of benzene rings is 2. The first-order valence-electron chi connectivity index (χ1n) is 12.0. The number of nitrogens with zero attached hydrogens (tertiary/aromatic N) is 2. The van der Waals surface area contributed by atoms with Crippen molar-refractivity contribution in [3.63, 3.8) is 0 Å². The first-order chi connectivity index (χ1) is 16.3. The maximum atomic E-state index is 6.05. The molecular weight excluding hydrogens is 410 g/mol. The highest BCUT2D eigenvalue weighted by Gasteiger charge is 2.30. The third-order valence-electron chi connectivity index (χ3n) is 7.27. The third kappa shape index (κ3) is 4.13. The molecule has 2 aromatic carbocycles. The van der Waals surface area contributed by atoms with Crippen LogP contribution in [0.2, 0.25) is 0 Å². The highest BCUT2D eigenvalue weighted by molar-refractivity contribution is 5.86. The fraction of sp³-hybridized carbons (Fsp3) is 0.357. The number of aromatic nitrogens is 2. The van der Waals surface area contributed by atoms with Crippen LogP contribution in [0.1, 0.15) is 59.9 Å². The highest BCUT2D eigenvalue weighted by atomic mass is 16.5. The van der Waals surface area contributed by atoms with E-state index in [-0.39, 0.29) is 6.04 Å². The molecule has 0 saturated heterocycles. The molecule has 0 amide bonds. The van der Waals surface area contributed by atoms with Gasteiger partial charge in [-0.2, -0.15) is 0 Å². The van der Waals surface area contributed by atoms with E-state index < -0.39 is 0 Å². The lowest BCUT2D eigenvalue weighted by atomic mass is 9.98. The van der Waals surface area contributed by atoms with E-state index in [1.165, 1.54) is 28.7 Å². The van der Waals surface area contributed by atoms with Crippen LogP contribution in [0.4, 0.5) is 5.82 Å². The van der Waals surface area contributed by atoms with Crippen LogP contribution < -0.4 is 5.32 Å². The second kappa shape index (κ2) is 8.99. The van der Waals surface area contributed by atoms with Crippen molar-refractivity contribution in [2.24, 2.45) is 5.92 Å². The van der Waals surface area contributed by atoms with Gasteiger partial charge in [0.25, 0.3) is 0 Å². The molecule has 2 aliphatic carbocycles. The maximum absolute atomic E-state index is 6.05. The number of hydrogen-bond donors (Lipinski definition) is 1. The topological polar surface area (TPSA) is 60.2 Å². The van der Waals surface area contributed by atoms with Crippen LogP contribution in [0.3, 0.4) is 0 Å². The van der Waals surface area contributed by atoms with E-state index in [2.05, 4.69) is 63.8 Å². The molecule has 5 heteroatoms. The summed E-state index contributed by atoms with van der Waals surface area (Å²) >= 11 is 0. The number of nitrogens with one attached hydrogen (secondary N) is 1. The standard InChI is InChI=1S/C28H29N3O2/c1-2-6-19(7-3-1)15-32-16-20-10-11-22(14-20)24-17-33-27-26(24)29-18-30-28(27)31-25-13-12-21-8-4-5-9-23(21)25/h1-9,17-18,20,22,25H,10-16H2,(H,29,30,31)/t20-,22+,25-/m0/s1. The van der Waals surface area contributed by atoms with Crippen LogP contribution in [0.5, 0.6) is 0 Å². The summed E-state index contributed by atoms with van der Waals surface area (Å²) in [5.74, 6) is 1.85. The monoisotopic (exact) mass is 439 g/mol. The zero-order valence-electron chi connectivity index (χ0n) is 18.7. The number of ether oxygens (including phenoxy) is 1. The lowest BCUT2D eigenvalue weighted by Gasteiger charge is -2.15. The van der Waals surface area contributed by atoms with Gasteiger partial charge in [0.05, 0.1) is 18.9 Å². The Hall–Kier alpha value is -3.18. The molecule has 2 heterocycles. The number of anilines is 1. The van der Waals surface area contributed by atoms with E-state index in [0.29, 0.717) is 18.4 Å². The smallest absolute Gasteiger partial charge is 0.194 e. The Bertz CT molecular complexity index is 1240. The van der Waals surface area contributed by atoms with Crippen molar-refractivity contribution in [1.29, 1.82) is 0 Å². The molecule has 3 atom stereocenters. The van der Waals surface area contributed by atoms with Crippen molar-refractivity contribution < 1.29 is 9.15 Å². The molecule has 0 aliphatic heterocycles. The molecule has 1 fully saturated rings. The van der Waals surface area contributed by atoms with Crippen molar-refractivity contribution in [3.05, 3.63) is 89.4 Å². The zero-order chi connectivity index (χ0) is 22.0. The van der Waals surface area contributed by atoms with E-state index in [1.54, 1.807) is 6.33 Å². The van der Waals surface area contributed by atoms with Crippen molar-refractivity contribution in [1.82, 2.24) is 9.97 Å². The SMILES string of the molecule is c1ccc(COC[C@H]2CC[C@@H](c3coc4c(N[C@H]5CCc6ccccc65)ncnc34)C2)cc1. The Balaban J connectivity index is 1.13. The Labute approximate surface area is 194 Å². The first-order valence-corrected chi connectivity index (χ1v) is 12.0. The molecule has 168 valence electrons. The number of rotatable bonds is 7. The second-order valence-corrected chi connectivity index (χ2v) is 9.40. The van der Waals surface area contributed by atoms with Crippen molar-refractivity contribution >= 4 is 16.9 Å². The summed E-state index contributed by atoms with van der Waals surface area (Å²) in [6, 6.07) is 19.3. The minimum atomic E-state index is 0.269. The lowest BCUT2D eigenvalue weighted by molar-refractivity contribution is 0.0884. The summed E-state index contributed by atoms with van der Waals surface area (Å²) in [6.45, 7) is 1.49. The first kappa shape index (κ1) is 20.4. The minimum absolute atomic E-state index is 0.269. The molecule has 4 aromatic rings. The highest BCUT2D eigenvalue weighted by Crippen LogP contribution is 2.42. The minimum Gasteiger partial charge on any atom is -0.458 e.